The summed E-state index contributed by atoms with van der Waals surface area (Å²) < 4.78 is 7.59. The van der Waals surface area contributed by atoms with Crippen molar-refractivity contribution < 1.29 is 14.3 Å². The van der Waals surface area contributed by atoms with Gasteiger partial charge in [-0.05, 0) is 68.9 Å². The molecule has 37 heavy (non-hydrogen) atoms. The smallest absolute Gasteiger partial charge is 0.234 e. The molecule has 2 amide bonds. The van der Waals surface area contributed by atoms with Gasteiger partial charge in [0.1, 0.15) is 11.9 Å². The maximum atomic E-state index is 13.1. The van der Waals surface area contributed by atoms with Crippen LogP contribution in [0.1, 0.15) is 57.0 Å². The number of nitrogens with one attached hydrogen (secondary N) is 1. The first-order valence-corrected chi connectivity index (χ1v) is 14.2. The first-order valence-electron chi connectivity index (χ1n) is 13.0. The maximum absolute atomic E-state index is 13.1. The van der Waals surface area contributed by atoms with Crippen LogP contribution in [-0.4, -0.2) is 40.4 Å². The number of ether oxygens (including phenoxy) is 1. The minimum absolute atomic E-state index is 0.0466. The van der Waals surface area contributed by atoms with Gasteiger partial charge in [0.25, 0.3) is 0 Å². The van der Waals surface area contributed by atoms with E-state index in [0.717, 1.165) is 56.9 Å². The molecule has 1 aromatic carbocycles. The predicted octanol–water partition coefficient (Wildman–Crippen LogP) is 6.15. The number of hydrogen-bond acceptors (Lipinski definition) is 6. The number of aryl methyl sites for hydroxylation is 1. The van der Waals surface area contributed by atoms with Gasteiger partial charge in [-0.15, -0.1) is 11.3 Å². The van der Waals surface area contributed by atoms with Crippen molar-refractivity contribution in [3.8, 4) is 16.9 Å². The van der Waals surface area contributed by atoms with Crippen LogP contribution in [-0.2, 0) is 9.59 Å². The molecule has 2 saturated heterocycles. The van der Waals surface area contributed by atoms with E-state index >= 15 is 0 Å². The highest BCUT2D eigenvalue weighted by Gasteiger charge is 2.73. The van der Waals surface area contributed by atoms with Gasteiger partial charge in [0, 0.05) is 39.8 Å². The molecule has 194 valence electrons. The lowest BCUT2D eigenvalue weighted by atomic mass is 10.0. The molecule has 5 atom stereocenters. The fourth-order valence-corrected chi connectivity index (χ4v) is 7.64. The van der Waals surface area contributed by atoms with E-state index in [0.29, 0.717) is 11.1 Å². The minimum Gasteiger partial charge on any atom is -0.488 e. The van der Waals surface area contributed by atoms with Crippen molar-refractivity contribution in [2.24, 2.45) is 17.3 Å². The molecule has 1 saturated carbocycles. The Morgan fingerprint density at radius 1 is 1.16 bits per heavy atom. The zero-order chi connectivity index (χ0) is 26.2. The highest BCUT2D eigenvalue weighted by molar-refractivity contribution is 7.19. The molecule has 1 aliphatic carbocycles. The summed E-state index contributed by atoms with van der Waals surface area (Å²) in [4.78, 5) is 33.2. The van der Waals surface area contributed by atoms with Gasteiger partial charge >= 0.3 is 0 Å². The Morgan fingerprint density at radius 3 is 2.57 bits per heavy atom. The van der Waals surface area contributed by atoms with E-state index in [-0.39, 0.29) is 41.2 Å². The summed E-state index contributed by atoms with van der Waals surface area (Å²) in [6.07, 6.45) is 3.96. The number of rotatable bonds is 5. The topological polar surface area (TPSA) is 71.5 Å². The number of thiophene rings is 1. The van der Waals surface area contributed by atoms with Crippen LogP contribution in [0.4, 0.5) is 0 Å². The first-order chi connectivity index (χ1) is 17.6. The van der Waals surface area contributed by atoms with E-state index in [9.17, 15) is 9.59 Å². The van der Waals surface area contributed by atoms with Crippen molar-refractivity contribution in [3.05, 3.63) is 45.9 Å². The minimum atomic E-state index is -0.331. The van der Waals surface area contributed by atoms with Gasteiger partial charge < -0.3 is 10.1 Å². The van der Waals surface area contributed by atoms with E-state index in [4.69, 9.17) is 16.3 Å². The molecule has 4 unspecified atom stereocenters. The largest absolute Gasteiger partial charge is 0.488 e. The number of benzene rings is 1. The van der Waals surface area contributed by atoms with E-state index in [1.807, 2.05) is 52.0 Å². The fourth-order valence-electron chi connectivity index (χ4n) is 6.18. The highest BCUT2D eigenvalue weighted by atomic mass is 35.5. The lowest BCUT2D eigenvalue weighted by Crippen LogP contribution is -2.42. The molecule has 6 rings (SSSR count). The first kappa shape index (κ1) is 24.8. The summed E-state index contributed by atoms with van der Waals surface area (Å²) in [6.45, 7) is 11.0. The number of fused-ring (bicyclic) bond motifs is 2. The lowest BCUT2D eigenvalue weighted by molar-refractivity contribution is -0.145. The second-order valence-corrected chi connectivity index (χ2v) is 13.0. The van der Waals surface area contributed by atoms with Crippen molar-refractivity contribution in [3.63, 3.8) is 0 Å². The van der Waals surface area contributed by atoms with Crippen LogP contribution in [0.5, 0.6) is 5.75 Å². The summed E-state index contributed by atoms with van der Waals surface area (Å²) in [5.41, 5.74) is 3.55. The molecule has 6 nitrogen and oxygen atoms in total. The lowest BCUT2D eigenvalue weighted by Gasteiger charge is -2.29. The summed E-state index contributed by atoms with van der Waals surface area (Å²) in [6, 6.07) is 8.08. The Bertz CT molecular complexity index is 1400. The average molecular weight is 538 g/mol. The highest BCUT2D eigenvalue weighted by Crippen LogP contribution is 2.64. The van der Waals surface area contributed by atoms with Gasteiger partial charge in [-0.2, -0.15) is 0 Å². The number of piperidine rings is 2. The van der Waals surface area contributed by atoms with Crippen molar-refractivity contribution in [2.45, 2.75) is 65.6 Å². The van der Waals surface area contributed by atoms with E-state index in [2.05, 4.69) is 17.2 Å². The normalized spacial score (nSPS) is 27.5. The SMILES string of the molecule is Cc1cc(Cl)cc(-c2ccnc3cc([C@H](C)N4C(=O)C5C(C4=O)C5(C)C)sc23)c1OC1CCC(C)NC1. The third-order valence-electron chi connectivity index (χ3n) is 8.49. The molecule has 0 spiro atoms. The zero-order valence-corrected chi connectivity index (χ0v) is 23.4. The summed E-state index contributed by atoms with van der Waals surface area (Å²) in [5, 5.41) is 4.17. The number of nitrogens with zero attached hydrogens (tertiary/aromatic N) is 2. The molecule has 4 heterocycles. The number of halogens is 1. The summed E-state index contributed by atoms with van der Waals surface area (Å²) >= 11 is 8.12. The van der Waals surface area contributed by atoms with Gasteiger partial charge in [0.2, 0.25) is 11.8 Å². The van der Waals surface area contributed by atoms with Crippen LogP contribution in [0.25, 0.3) is 21.3 Å². The van der Waals surface area contributed by atoms with E-state index in [1.165, 1.54) is 4.90 Å². The molecule has 2 aliphatic heterocycles. The van der Waals surface area contributed by atoms with Gasteiger partial charge in [-0.3, -0.25) is 19.5 Å². The number of aromatic nitrogens is 1. The Hall–Kier alpha value is -2.48. The van der Waals surface area contributed by atoms with Crippen LogP contribution in [0.2, 0.25) is 5.02 Å². The molecular weight excluding hydrogens is 506 g/mol. The van der Waals surface area contributed by atoms with Gasteiger partial charge in [-0.25, -0.2) is 0 Å². The Kier molecular flexibility index (Phi) is 5.90. The predicted molar refractivity (Wildman–Crippen MR) is 147 cm³/mol. The Morgan fingerprint density at radius 2 is 1.89 bits per heavy atom. The molecule has 0 bridgehead atoms. The average Bonchev–Trinajstić information content (AvgIpc) is 3.11. The third-order valence-corrected chi connectivity index (χ3v) is 10.0. The molecule has 0 radical (unpaired) electrons. The molecular formula is C29H32ClN3O3S. The number of likely N-dealkylation sites (tertiary alicyclic amines) is 1. The number of pyridine rings is 1. The number of carbonyl (C=O) groups excluding carboxylic acids is 2. The molecule has 3 aliphatic rings. The number of amides is 2. The number of hydrogen-bond donors (Lipinski definition) is 1. The molecule has 8 heteroatoms. The molecule has 1 N–H and O–H groups in total. The fraction of sp³-hybridized carbons (Fsp3) is 0.483. The van der Waals surface area contributed by atoms with Crippen molar-refractivity contribution in [1.29, 1.82) is 0 Å². The maximum Gasteiger partial charge on any atom is 0.234 e. The molecule has 3 fully saturated rings. The van der Waals surface area contributed by atoms with Crippen molar-refractivity contribution >= 4 is 45.0 Å². The third kappa shape index (κ3) is 3.98. The van der Waals surface area contributed by atoms with Gasteiger partial charge in [0.15, 0.2) is 0 Å². The van der Waals surface area contributed by atoms with Crippen molar-refractivity contribution in [2.75, 3.05) is 6.54 Å². The van der Waals surface area contributed by atoms with Crippen LogP contribution >= 0.6 is 22.9 Å². The van der Waals surface area contributed by atoms with Crippen LogP contribution in [0.3, 0.4) is 0 Å². The van der Waals surface area contributed by atoms with Crippen LogP contribution < -0.4 is 10.1 Å². The Balaban J connectivity index is 1.37. The van der Waals surface area contributed by atoms with Crippen LogP contribution in [0.15, 0.2) is 30.5 Å². The van der Waals surface area contributed by atoms with E-state index < -0.39 is 0 Å². The van der Waals surface area contributed by atoms with Gasteiger partial charge in [-0.1, -0.05) is 25.4 Å². The summed E-state index contributed by atoms with van der Waals surface area (Å²) in [7, 11) is 0. The van der Waals surface area contributed by atoms with E-state index in [1.54, 1.807) is 17.5 Å². The van der Waals surface area contributed by atoms with Crippen molar-refractivity contribution in [1.82, 2.24) is 15.2 Å². The Labute approximate surface area is 226 Å². The number of imide groups is 1. The second kappa shape index (κ2) is 8.79. The standard InChI is InChI=1S/C29H32ClN3O3S/c1-14-10-17(30)11-20(25(14)36-18-7-6-15(2)32-13-18)19-8-9-31-21-12-22(37-26(19)21)16(3)33-27(34)23-24(28(33)35)29(23,4)5/h8-12,15-16,18,23-24,32H,6-7,13H2,1-5H3/t15?,16-,18?,23?,24?/m0/s1. The quantitative estimate of drug-likeness (QED) is 0.395. The second-order valence-electron chi connectivity index (χ2n) is 11.4. The molecule has 2 aromatic heterocycles. The number of carbonyl (C=O) groups is 2. The molecule has 3 aromatic rings. The summed E-state index contributed by atoms with van der Waals surface area (Å²) in [5.74, 6) is 0.381. The monoisotopic (exact) mass is 537 g/mol. The van der Waals surface area contributed by atoms with Gasteiger partial charge in [0.05, 0.1) is 28.1 Å². The zero-order valence-electron chi connectivity index (χ0n) is 21.8. The van der Waals surface area contributed by atoms with Crippen LogP contribution in [0, 0.1) is 24.2 Å².